The maximum Gasteiger partial charge on any atom is 0.330 e. The summed E-state index contributed by atoms with van der Waals surface area (Å²) in [5.41, 5.74) is 13.4. The first kappa shape index (κ1) is 79.3. The minimum Gasteiger partial charge on any atom is -0.507 e. The number of aliphatic hydroxyl groups excluding tert-OH is 6. The summed E-state index contributed by atoms with van der Waals surface area (Å²) in [7, 11) is 1.47. The number of halogens is 2. The molecule has 7 amide bonds. The molecular formula is C69H83Cl2N11O24. The number of hydrogen-bond acceptors (Lipinski definition) is 27. The molecule has 7 heterocycles. The molecule has 2 saturated heterocycles. The maximum atomic E-state index is 16.2. The van der Waals surface area contributed by atoms with Crippen molar-refractivity contribution in [3.63, 3.8) is 0 Å². The number of nitrogens with one attached hydrogen (secondary N) is 8. The average Bonchev–Trinajstić information content (AvgIpc) is 0.761. The van der Waals surface area contributed by atoms with E-state index in [0.29, 0.717) is 0 Å². The van der Waals surface area contributed by atoms with Crippen LogP contribution in [0, 0.1) is 5.92 Å². The molecule has 0 saturated carbocycles. The Labute approximate surface area is 614 Å². The number of carboxylic acids is 1. The number of amides is 7. The van der Waals surface area contributed by atoms with Crippen LogP contribution in [0.4, 0.5) is 0 Å². The van der Waals surface area contributed by atoms with Crippen molar-refractivity contribution >= 4 is 70.5 Å². The van der Waals surface area contributed by atoms with Gasteiger partial charge in [0.15, 0.2) is 29.9 Å². The van der Waals surface area contributed by atoms with Gasteiger partial charge in [0.05, 0.1) is 46.9 Å². The van der Waals surface area contributed by atoms with Crippen molar-refractivity contribution in [3.8, 4) is 57.1 Å². The van der Waals surface area contributed by atoms with Crippen LogP contribution >= 0.6 is 23.2 Å². The summed E-state index contributed by atoms with van der Waals surface area (Å²) >= 11 is 14.2. The number of carboxylic acid groups (broad SMARTS) is 1. The van der Waals surface area contributed by atoms with Crippen molar-refractivity contribution < 1.29 is 118 Å². The highest BCUT2D eigenvalue weighted by atomic mass is 35.5. The number of likely N-dealkylation sites (N-methyl/N-ethyl adjacent to an activating group) is 1. The van der Waals surface area contributed by atoms with Crippen LogP contribution in [0.5, 0.6) is 46.0 Å². The van der Waals surface area contributed by atoms with Gasteiger partial charge in [-0.15, -0.1) is 0 Å². The number of aliphatic hydroxyl groups is 6. The molecule has 2 fully saturated rings. The summed E-state index contributed by atoms with van der Waals surface area (Å²) in [5.74, 6) is -16.1. The molecule has 7 aliphatic rings. The number of phenols is 3. The molecule has 37 heteroatoms. The molecule has 5 aromatic carbocycles. The zero-order valence-corrected chi connectivity index (χ0v) is 59.0. The molecular weight excluding hydrogens is 1440 g/mol. The van der Waals surface area contributed by atoms with Gasteiger partial charge in [0.2, 0.25) is 53.4 Å². The molecule has 0 radical (unpaired) electrons. The van der Waals surface area contributed by atoms with E-state index < -0.39 is 237 Å². The lowest BCUT2D eigenvalue weighted by molar-refractivity contribution is -0.333. The molecule has 18 atom stereocenters. The van der Waals surface area contributed by atoms with Crippen LogP contribution in [0.2, 0.25) is 10.0 Å². The standard InChI is InChI=1S/C69H83Cl2N11O24/c1-25(2)14-36(75-5)61(93)81-51-53(87)28-7-10-40(34(70)16-28)102-42-18-30-19-43(58(42)106-68-59(57(91)56(90)44(24-83)104-68)105-46-22-69(4,74)60(92)26(3)101-46)103-41-11-8-29(17-35(41)71)54(88)52-66(98)80-50(67(99)100)32-20-39(85)33(23-76-13-12-72)55(89)47(32)31-15-27(6-9-38(31)84)48(63(95)82-52)79-64(96)49(30)78-62(94)37(21-45(73)86)77-65(51)97/h6-11,15-20,25-26,36-37,44,46,48-54,56-57,59-60,68,75-76,83-85,87-92H,12-14,21-24,72,74H2,1-5H3,(H2,73,86)(H,77,97)(H,78,94)(H,79,96)(H,80,98)(H,81,93)(H,82,95)(H,99,100)/t26-,36+,37-,44+,46-,48+,49+,50-,51?,52-,53+,54+,56+,57-,59+,60+,68-,69-/m0/s1. The normalized spacial score (nSPS) is 28.6. The second-order valence-corrected chi connectivity index (χ2v) is 27.8. The largest absolute Gasteiger partial charge is 0.507 e. The van der Waals surface area contributed by atoms with Crippen LogP contribution in [-0.4, -0.2) is 204 Å². The summed E-state index contributed by atoms with van der Waals surface area (Å²) in [6, 6.07) is -1.54. The molecule has 12 rings (SSSR count). The summed E-state index contributed by atoms with van der Waals surface area (Å²) < 4.78 is 38.4. The Morgan fingerprint density at radius 2 is 1.35 bits per heavy atom. The van der Waals surface area contributed by atoms with Crippen LogP contribution in [0.25, 0.3) is 11.1 Å². The fourth-order valence-electron chi connectivity index (χ4n) is 13.1. The average molecular weight is 1520 g/mol. The van der Waals surface area contributed by atoms with E-state index in [2.05, 4.69) is 42.5 Å². The van der Waals surface area contributed by atoms with Gasteiger partial charge < -0.3 is 139 Å². The fraction of sp³-hybridized carbons (Fsp3) is 0.449. The number of rotatable bonds is 17. The molecule has 24 N–H and O–H groups in total. The predicted octanol–water partition coefficient (Wildman–Crippen LogP) is -0.846. The zero-order valence-electron chi connectivity index (χ0n) is 57.4. The highest BCUT2D eigenvalue weighted by Gasteiger charge is 2.52. The van der Waals surface area contributed by atoms with E-state index in [1.54, 1.807) is 0 Å². The van der Waals surface area contributed by atoms with Crippen molar-refractivity contribution in [3.05, 3.63) is 116 Å². The summed E-state index contributed by atoms with van der Waals surface area (Å²) in [5, 5.41) is 136. The lowest BCUT2D eigenvalue weighted by Crippen LogP contribution is -2.64. The third-order valence-electron chi connectivity index (χ3n) is 18.7. The molecule has 35 nitrogen and oxygen atoms in total. The summed E-state index contributed by atoms with van der Waals surface area (Å²) in [4.78, 5) is 118. The Hall–Kier alpha value is -9.28. The van der Waals surface area contributed by atoms with Gasteiger partial charge in [-0.2, -0.15) is 0 Å². The molecule has 0 aromatic heterocycles. The van der Waals surface area contributed by atoms with E-state index in [-0.39, 0.29) is 71.4 Å². The Bertz CT molecular complexity index is 4210. The van der Waals surface area contributed by atoms with Gasteiger partial charge in [-0.1, -0.05) is 55.2 Å². The van der Waals surface area contributed by atoms with E-state index in [9.17, 15) is 70.2 Å². The number of primary amides is 1. The Balaban J connectivity index is 1.25. The van der Waals surface area contributed by atoms with Crippen LogP contribution in [0.15, 0.2) is 72.8 Å². The Morgan fingerprint density at radius 3 is 1.93 bits per heavy atom. The van der Waals surface area contributed by atoms with E-state index >= 15 is 19.2 Å². The topological polar surface area (TPSA) is 569 Å². The summed E-state index contributed by atoms with van der Waals surface area (Å²) in [6.45, 7) is 5.51. The van der Waals surface area contributed by atoms with E-state index in [1.807, 2.05) is 13.8 Å². The molecule has 0 spiro atoms. The van der Waals surface area contributed by atoms with Crippen LogP contribution in [0.3, 0.4) is 0 Å². The SMILES string of the molecule is CN[C@H](CC(C)C)C(=O)NC1C(=O)N[C@@H](CC(N)=O)C(=O)N[C@H]2C(=O)N[C@H]3C(=O)N[C@H](C(=O)N[C@H](C(=O)O)c4cc(O)c(CNCCN)c(O)c4-c4cc3ccc4O)[C@H](O)c3ccc(c(Cl)c3)Oc3cc2cc(c3O[C@@H]2O[C@H](CO)[C@@H](O)[C@H](O)[C@H]2O[C@H]2C[C@](C)(N)[C@H](O)[C@H](C)O2)Oc2ccc(cc2Cl)[C@H]1O. The number of hydrogen-bond donors (Lipinski definition) is 21. The first-order valence-electron chi connectivity index (χ1n) is 33.5. The smallest absolute Gasteiger partial charge is 0.330 e. The number of fused-ring (bicyclic) bond motifs is 15. The molecule has 572 valence electrons. The summed E-state index contributed by atoms with van der Waals surface area (Å²) in [6.07, 6.45) is -18.7. The van der Waals surface area contributed by atoms with Crippen LogP contribution in [-0.2, 0) is 59.1 Å². The number of carbonyl (C=O) groups excluding carboxylic acids is 7. The highest BCUT2D eigenvalue weighted by molar-refractivity contribution is 6.32. The number of carbonyl (C=O) groups is 8. The van der Waals surface area contributed by atoms with Gasteiger partial charge in [0, 0.05) is 48.3 Å². The van der Waals surface area contributed by atoms with Crippen molar-refractivity contribution in [2.24, 2.45) is 23.1 Å². The van der Waals surface area contributed by atoms with Gasteiger partial charge in [0.1, 0.15) is 89.5 Å². The number of aliphatic carboxylic acids is 1. The minimum atomic E-state index is -2.37. The molecule has 7 aliphatic heterocycles. The molecule has 106 heavy (non-hydrogen) atoms. The van der Waals surface area contributed by atoms with E-state index in [0.717, 1.165) is 60.7 Å². The molecule has 5 aromatic rings. The van der Waals surface area contributed by atoms with Crippen molar-refractivity contribution in [2.45, 2.75) is 163 Å². The Kier molecular flexibility index (Phi) is 24.6. The van der Waals surface area contributed by atoms with Crippen molar-refractivity contribution in [1.29, 1.82) is 0 Å². The second-order valence-electron chi connectivity index (χ2n) is 26.9. The third-order valence-corrected chi connectivity index (χ3v) is 19.3. The van der Waals surface area contributed by atoms with Gasteiger partial charge in [-0.25, -0.2) is 4.79 Å². The number of aromatic hydroxyl groups is 3. The third kappa shape index (κ3) is 16.9. The van der Waals surface area contributed by atoms with Gasteiger partial charge in [-0.3, -0.25) is 33.6 Å². The van der Waals surface area contributed by atoms with E-state index in [4.69, 9.17) is 68.8 Å². The van der Waals surface area contributed by atoms with Gasteiger partial charge in [0.25, 0.3) is 0 Å². The molecule has 0 aliphatic carbocycles. The minimum absolute atomic E-state index is 0.0722. The number of phenolic OH excluding ortho intramolecular Hbond substituents is 3. The molecule has 11 bridgehead atoms. The lowest BCUT2D eigenvalue weighted by atomic mass is 9.86. The monoisotopic (exact) mass is 1520 g/mol. The first-order chi connectivity index (χ1) is 50.1. The number of benzene rings is 5. The van der Waals surface area contributed by atoms with E-state index in [1.165, 1.54) is 33.0 Å². The van der Waals surface area contributed by atoms with Crippen molar-refractivity contribution in [1.82, 2.24) is 42.5 Å². The maximum absolute atomic E-state index is 16.2. The highest BCUT2D eigenvalue weighted by Crippen LogP contribution is 2.50. The van der Waals surface area contributed by atoms with Crippen LogP contribution < -0.4 is 73.9 Å². The molecule has 1 unspecified atom stereocenters. The fourth-order valence-corrected chi connectivity index (χ4v) is 13.5. The van der Waals surface area contributed by atoms with Crippen LogP contribution in [0.1, 0.15) is 111 Å². The number of ether oxygens (including phenoxy) is 6. The number of nitrogens with two attached hydrogens (primary N) is 3. The second kappa shape index (κ2) is 32.8. The lowest BCUT2D eigenvalue weighted by Gasteiger charge is -2.47. The quantitative estimate of drug-likeness (QED) is 0.0504. The van der Waals surface area contributed by atoms with Crippen molar-refractivity contribution in [2.75, 3.05) is 26.7 Å². The predicted molar refractivity (Wildman–Crippen MR) is 370 cm³/mol. The van der Waals surface area contributed by atoms with Gasteiger partial charge >= 0.3 is 5.97 Å². The zero-order chi connectivity index (χ0) is 77.2. The van der Waals surface area contributed by atoms with Gasteiger partial charge in [-0.05, 0) is 110 Å². The Morgan fingerprint density at radius 1 is 0.736 bits per heavy atom. The first-order valence-corrected chi connectivity index (χ1v) is 34.3.